The van der Waals surface area contributed by atoms with Crippen LogP contribution < -0.4 is 0 Å². The Hall–Kier alpha value is -5.42. The number of fused-ring (bicyclic) bond motifs is 2. The van der Waals surface area contributed by atoms with Crippen molar-refractivity contribution in [3.63, 3.8) is 0 Å². The molecule has 0 aliphatic heterocycles. The van der Waals surface area contributed by atoms with E-state index in [0.717, 1.165) is 0 Å². The summed E-state index contributed by atoms with van der Waals surface area (Å²) in [5.74, 6) is -0.00581. The van der Waals surface area contributed by atoms with E-state index in [0.29, 0.717) is 22.2 Å². The highest BCUT2D eigenvalue weighted by molar-refractivity contribution is 5.76. The Morgan fingerprint density at radius 2 is 1.15 bits per heavy atom. The van der Waals surface area contributed by atoms with Crippen LogP contribution in [0.1, 0.15) is 5.69 Å². The fourth-order valence-electron chi connectivity index (χ4n) is 3.15. The largest absolute Gasteiger partial charge is 0.460 e. The first-order chi connectivity index (χ1) is 16.2. The molecule has 6 rings (SSSR count). The van der Waals surface area contributed by atoms with Crippen LogP contribution in [0.15, 0.2) is 61.8 Å². The molecular formula is C22H8N8O3. The van der Waals surface area contributed by atoms with Crippen LogP contribution in [0.25, 0.3) is 62.2 Å². The molecule has 0 unspecified atom stereocenters. The number of oxazole rings is 3. The number of nitriles is 1. The summed E-state index contributed by atoms with van der Waals surface area (Å²) >= 11 is 0. The maximum atomic E-state index is 9.22. The smallest absolute Gasteiger partial charge is 0.383 e. The van der Waals surface area contributed by atoms with Crippen molar-refractivity contribution < 1.29 is 13.3 Å². The lowest BCUT2D eigenvalue weighted by atomic mass is 10.3. The van der Waals surface area contributed by atoms with Gasteiger partial charge in [0.15, 0.2) is 16.9 Å². The Morgan fingerprint density at radius 1 is 0.667 bits per heavy atom. The molecule has 0 aliphatic rings. The Kier molecular flexibility index (Phi) is 3.94. The summed E-state index contributed by atoms with van der Waals surface area (Å²) in [5, 5.41) is 9.22. The first-order valence-electron chi connectivity index (χ1n) is 9.48. The second-order valence-electron chi connectivity index (χ2n) is 6.68. The van der Waals surface area contributed by atoms with Crippen LogP contribution in [0, 0.1) is 17.9 Å². The zero-order valence-corrected chi connectivity index (χ0v) is 16.4. The first-order valence-corrected chi connectivity index (χ1v) is 9.48. The second-order valence-corrected chi connectivity index (χ2v) is 6.68. The van der Waals surface area contributed by atoms with Gasteiger partial charge in [-0.1, -0.05) is 24.3 Å². The van der Waals surface area contributed by atoms with Crippen molar-refractivity contribution >= 4 is 28.1 Å². The SMILES string of the molecule is [C-]#[N+]c1oc(-c2nc(-c3nc4ccccc4o3)nc(-c3nc4ccccc4o3)n2)nc1C#N. The standard InChI is InChI=1S/C22H8N8O3/c1-24-19-13(10-23)27-22(33-19)18-29-16(20-25-11-6-2-4-8-14(11)31-20)28-17(30-18)21-26-12-7-3-5-9-15(12)32-21/h2-9H. The van der Waals surface area contributed by atoms with Gasteiger partial charge in [0.25, 0.3) is 17.7 Å². The van der Waals surface area contributed by atoms with Crippen molar-refractivity contribution in [3.05, 3.63) is 65.6 Å². The van der Waals surface area contributed by atoms with Crippen LogP contribution >= 0.6 is 0 Å². The summed E-state index contributed by atoms with van der Waals surface area (Å²) in [6.07, 6.45) is 0. The number of aromatic nitrogens is 6. The zero-order valence-electron chi connectivity index (χ0n) is 16.4. The molecule has 4 heterocycles. The molecule has 4 aromatic heterocycles. The predicted octanol–water partition coefficient (Wildman–Crippen LogP) is 4.57. The van der Waals surface area contributed by atoms with E-state index in [4.69, 9.17) is 19.8 Å². The van der Waals surface area contributed by atoms with Crippen molar-refractivity contribution in [1.82, 2.24) is 29.9 Å². The van der Waals surface area contributed by atoms with Gasteiger partial charge in [0.2, 0.25) is 17.5 Å². The molecule has 0 fully saturated rings. The molecule has 0 spiro atoms. The van der Waals surface area contributed by atoms with Gasteiger partial charge in [0.1, 0.15) is 17.1 Å². The van der Waals surface area contributed by atoms with Gasteiger partial charge in [-0.3, -0.25) is 0 Å². The molecule has 2 aromatic carbocycles. The van der Waals surface area contributed by atoms with Crippen LogP contribution in [0.4, 0.5) is 5.88 Å². The van der Waals surface area contributed by atoms with Crippen molar-refractivity contribution in [2.24, 2.45) is 0 Å². The predicted molar refractivity (Wildman–Crippen MR) is 112 cm³/mol. The second kappa shape index (κ2) is 7.08. The highest BCUT2D eigenvalue weighted by Crippen LogP contribution is 2.30. The molecule has 0 saturated carbocycles. The van der Waals surface area contributed by atoms with Crippen LogP contribution in [0.5, 0.6) is 0 Å². The van der Waals surface area contributed by atoms with Crippen molar-refractivity contribution in [1.29, 1.82) is 5.26 Å². The lowest BCUT2D eigenvalue weighted by molar-refractivity contribution is 0.586. The Bertz CT molecular complexity index is 1580. The van der Waals surface area contributed by atoms with E-state index in [9.17, 15) is 5.26 Å². The van der Waals surface area contributed by atoms with Gasteiger partial charge >= 0.3 is 5.88 Å². The third kappa shape index (κ3) is 3.05. The molecule has 154 valence electrons. The van der Waals surface area contributed by atoms with E-state index in [1.54, 1.807) is 24.3 Å². The Morgan fingerprint density at radius 3 is 1.58 bits per heavy atom. The average molecular weight is 432 g/mol. The highest BCUT2D eigenvalue weighted by atomic mass is 16.4. The maximum absolute atomic E-state index is 9.22. The van der Waals surface area contributed by atoms with Gasteiger partial charge in [0, 0.05) is 0 Å². The fourth-order valence-corrected chi connectivity index (χ4v) is 3.15. The van der Waals surface area contributed by atoms with E-state index in [1.807, 2.05) is 30.3 Å². The maximum Gasteiger partial charge on any atom is 0.383 e. The van der Waals surface area contributed by atoms with Crippen molar-refractivity contribution in [2.75, 3.05) is 0 Å². The van der Waals surface area contributed by atoms with Gasteiger partial charge in [-0.05, 0) is 24.3 Å². The zero-order chi connectivity index (χ0) is 22.4. The summed E-state index contributed by atoms with van der Waals surface area (Å²) in [4.78, 5) is 29.2. The van der Waals surface area contributed by atoms with Gasteiger partial charge in [-0.15, -0.1) is 0 Å². The number of benzene rings is 2. The lowest BCUT2D eigenvalue weighted by Gasteiger charge is -2.01. The van der Waals surface area contributed by atoms with E-state index in [1.165, 1.54) is 0 Å². The van der Waals surface area contributed by atoms with Gasteiger partial charge < -0.3 is 13.3 Å². The first kappa shape index (κ1) is 18.4. The molecule has 0 radical (unpaired) electrons. The number of para-hydroxylation sites is 4. The molecule has 0 saturated heterocycles. The lowest BCUT2D eigenvalue weighted by Crippen LogP contribution is -2.00. The van der Waals surface area contributed by atoms with E-state index in [2.05, 4.69) is 34.7 Å². The molecule has 11 nitrogen and oxygen atoms in total. The summed E-state index contributed by atoms with van der Waals surface area (Å²) < 4.78 is 17.0. The normalized spacial score (nSPS) is 11.0. The fraction of sp³-hybridized carbons (Fsp3) is 0. The van der Waals surface area contributed by atoms with Crippen LogP contribution in [0.2, 0.25) is 0 Å². The number of nitrogens with zero attached hydrogens (tertiary/aromatic N) is 8. The number of hydrogen-bond donors (Lipinski definition) is 0. The molecular weight excluding hydrogens is 424 g/mol. The highest BCUT2D eigenvalue weighted by Gasteiger charge is 2.23. The summed E-state index contributed by atoms with van der Waals surface area (Å²) in [6.45, 7) is 7.18. The van der Waals surface area contributed by atoms with Crippen molar-refractivity contribution in [3.8, 4) is 41.2 Å². The average Bonchev–Trinajstić information content (AvgIpc) is 3.59. The van der Waals surface area contributed by atoms with Crippen LogP contribution in [0.3, 0.4) is 0 Å². The number of hydrogen-bond acceptors (Lipinski definition) is 10. The topological polar surface area (TPSA) is 145 Å². The minimum absolute atomic E-state index is 0.0362. The van der Waals surface area contributed by atoms with E-state index in [-0.39, 0.29) is 46.7 Å². The third-order valence-electron chi connectivity index (χ3n) is 4.61. The summed E-state index contributed by atoms with van der Waals surface area (Å²) in [5.41, 5.74) is 2.17. The third-order valence-corrected chi connectivity index (χ3v) is 4.61. The summed E-state index contributed by atoms with van der Waals surface area (Å²) in [6, 6.07) is 16.2. The monoisotopic (exact) mass is 432 g/mol. The van der Waals surface area contributed by atoms with E-state index < -0.39 is 0 Å². The van der Waals surface area contributed by atoms with Crippen molar-refractivity contribution in [2.45, 2.75) is 0 Å². The molecule has 0 atom stereocenters. The van der Waals surface area contributed by atoms with Crippen LogP contribution in [-0.4, -0.2) is 29.9 Å². The number of rotatable bonds is 3. The van der Waals surface area contributed by atoms with E-state index >= 15 is 0 Å². The molecule has 0 amide bonds. The van der Waals surface area contributed by atoms with Gasteiger partial charge in [-0.25, -0.2) is 15.0 Å². The minimum atomic E-state index is -0.264. The molecule has 0 N–H and O–H groups in total. The molecule has 0 bridgehead atoms. The minimum Gasteiger partial charge on any atom is -0.460 e. The Balaban J connectivity index is 1.58. The molecule has 0 aliphatic carbocycles. The van der Waals surface area contributed by atoms with Gasteiger partial charge in [-0.2, -0.15) is 25.1 Å². The van der Waals surface area contributed by atoms with Gasteiger partial charge in [0.05, 0.1) is 6.57 Å². The van der Waals surface area contributed by atoms with Crippen LogP contribution in [-0.2, 0) is 0 Å². The molecule has 11 heteroatoms. The molecule has 6 aromatic rings. The Labute approximate surface area is 183 Å². The molecule has 33 heavy (non-hydrogen) atoms. The quantitative estimate of drug-likeness (QED) is 0.365. The summed E-state index contributed by atoms with van der Waals surface area (Å²) in [7, 11) is 0.